The van der Waals surface area contributed by atoms with Crippen molar-refractivity contribution in [3.8, 4) is 0 Å². The Morgan fingerprint density at radius 3 is 3.00 bits per heavy atom. The molecule has 2 rings (SSSR count). The molecular formula is C13H14N2OS. The fraction of sp³-hybridized carbons (Fsp3) is 0.231. The average Bonchev–Trinajstić information content (AvgIpc) is 2.77. The van der Waals surface area contributed by atoms with E-state index in [9.17, 15) is 4.79 Å². The minimum atomic E-state index is -0.0202. The molecule has 0 fully saturated rings. The van der Waals surface area contributed by atoms with E-state index in [1.165, 1.54) is 11.3 Å². The Bertz CT molecular complexity index is 534. The van der Waals surface area contributed by atoms with Crippen LogP contribution in [0.1, 0.15) is 26.6 Å². The number of thiazole rings is 1. The van der Waals surface area contributed by atoms with Crippen LogP contribution < -0.4 is 5.73 Å². The molecule has 0 aliphatic heterocycles. The summed E-state index contributed by atoms with van der Waals surface area (Å²) in [6.07, 6.45) is 0.728. The molecule has 0 radical (unpaired) electrons. The van der Waals surface area contributed by atoms with Crippen LogP contribution in [-0.4, -0.2) is 17.3 Å². The SMILES string of the molecule is Cc1cccc(C(=O)c2csc(CCN)n2)c1. The van der Waals surface area contributed by atoms with Crippen molar-refractivity contribution < 1.29 is 4.79 Å². The Morgan fingerprint density at radius 1 is 1.47 bits per heavy atom. The van der Waals surface area contributed by atoms with E-state index in [1.807, 2.05) is 31.2 Å². The maximum absolute atomic E-state index is 12.1. The zero-order valence-electron chi connectivity index (χ0n) is 9.64. The summed E-state index contributed by atoms with van der Waals surface area (Å²) in [6.45, 7) is 2.53. The predicted molar refractivity (Wildman–Crippen MR) is 69.5 cm³/mol. The van der Waals surface area contributed by atoms with E-state index in [0.29, 0.717) is 17.8 Å². The lowest BCUT2D eigenvalue weighted by molar-refractivity contribution is 0.103. The molecule has 0 spiro atoms. The quantitative estimate of drug-likeness (QED) is 0.841. The molecule has 0 aliphatic carbocycles. The van der Waals surface area contributed by atoms with Gasteiger partial charge in [-0.05, 0) is 19.5 Å². The average molecular weight is 246 g/mol. The van der Waals surface area contributed by atoms with Crippen molar-refractivity contribution in [2.24, 2.45) is 5.73 Å². The highest BCUT2D eigenvalue weighted by Gasteiger charge is 2.12. The first kappa shape index (κ1) is 12.0. The van der Waals surface area contributed by atoms with Crippen LogP contribution in [0.5, 0.6) is 0 Å². The minimum Gasteiger partial charge on any atom is -0.330 e. The van der Waals surface area contributed by atoms with Crippen LogP contribution in [0.25, 0.3) is 0 Å². The Balaban J connectivity index is 2.24. The van der Waals surface area contributed by atoms with Gasteiger partial charge in [0.05, 0.1) is 5.01 Å². The Morgan fingerprint density at radius 2 is 2.29 bits per heavy atom. The maximum atomic E-state index is 12.1. The first-order chi connectivity index (χ1) is 8.20. The molecule has 4 heteroatoms. The van der Waals surface area contributed by atoms with Crippen molar-refractivity contribution >= 4 is 17.1 Å². The van der Waals surface area contributed by atoms with Crippen LogP contribution in [0.4, 0.5) is 0 Å². The highest BCUT2D eigenvalue weighted by molar-refractivity contribution is 7.09. The number of benzene rings is 1. The van der Waals surface area contributed by atoms with Gasteiger partial charge in [-0.15, -0.1) is 11.3 Å². The molecule has 0 unspecified atom stereocenters. The third kappa shape index (κ3) is 2.78. The summed E-state index contributed by atoms with van der Waals surface area (Å²) >= 11 is 1.49. The topological polar surface area (TPSA) is 56.0 Å². The van der Waals surface area contributed by atoms with E-state index in [0.717, 1.165) is 17.0 Å². The van der Waals surface area contributed by atoms with Crippen molar-refractivity contribution in [3.63, 3.8) is 0 Å². The third-order valence-corrected chi connectivity index (χ3v) is 3.33. The van der Waals surface area contributed by atoms with Gasteiger partial charge in [-0.3, -0.25) is 4.79 Å². The second-order valence-corrected chi connectivity index (χ2v) is 4.81. The zero-order chi connectivity index (χ0) is 12.3. The van der Waals surface area contributed by atoms with Crippen molar-refractivity contribution in [3.05, 3.63) is 51.5 Å². The monoisotopic (exact) mass is 246 g/mol. The number of aryl methyl sites for hydroxylation is 1. The fourth-order valence-corrected chi connectivity index (χ4v) is 2.38. The van der Waals surface area contributed by atoms with Gasteiger partial charge in [0, 0.05) is 17.4 Å². The number of ketones is 1. The van der Waals surface area contributed by atoms with Crippen LogP contribution in [0, 0.1) is 6.92 Å². The number of nitrogens with two attached hydrogens (primary N) is 1. The molecule has 17 heavy (non-hydrogen) atoms. The van der Waals surface area contributed by atoms with E-state index in [-0.39, 0.29) is 5.78 Å². The number of aromatic nitrogens is 1. The summed E-state index contributed by atoms with van der Waals surface area (Å²) < 4.78 is 0. The second kappa shape index (κ2) is 5.21. The third-order valence-electron chi connectivity index (χ3n) is 2.42. The molecule has 0 saturated carbocycles. The molecule has 0 bridgehead atoms. The highest BCUT2D eigenvalue weighted by Crippen LogP contribution is 2.15. The Hall–Kier alpha value is -1.52. The van der Waals surface area contributed by atoms with Gasteiger partial charge < -0.3 is 5.73 Å². The summed E-state index contributed by atoms with van der Waals surface area (Å²) in [5, 5.41) is 2.72. The van der Waals surface area contributed by atoms with E-state index >= 15 is 0 Å². The zero-order valence-corrected chi connectivity index (χ0v) is 10.5. The van der Waals surface area contributed by atoms with E-state index in [1.54, 1.807) is 5.38 Å². The predicted octanol–water partition coefficient (Wildman–Crippen LogP) is 2.18. The lowest BCUT2D eigenvalue weighted by Gasteiger charge is -1.98. The first-order valence-corrected chi connectivity index (χ1v) is 6.34. The molecule has 2 aromatic rings. The van der Waals surface area contributed by atoms with Crippen LogP contribution in [0.2, 0.25) is 0 Å². The molecule has 1 aromatic heterocycles. The molecule has 2 N–H and O–H groups in total. The summed E-state index contributed by atoms with van der Waals surface area (Å²) in [5.74, 6) is -0.0202. The number of hydrogen-bond acceptors (Lipinski definition) is 4. The molecule has 1 aromatic carbocycles. The standard InChI is InChI=1S/C13H14N2OS/c1-9-3-2-4-10(7-9)13(16)11-8-17-12(15-11)5-6-14/h2-4,7-8H,5-6,14H2,1H3. The lowest BCUT2D eigenvalue weighted by Crippen LogP contribution is -2.05. The van der Waals surface area contributed by atoms with Gasteiger partial charge in [0.2, 0.25) is 5.78 Å². The summed E-state index contributed by atoms with van der Waals surface area (Å²) in [7, 11) is 0. The number of hydrogen-bond donors (Lipinski definition) is 1. The fourth-order valence-electron chi connectivity index (χ4n) is 1.59. The highest BCUT2D eigenvalue weighted by atomic mass is 32.1. The van der Waals surface area contributed by atoms with Gasteiger partial charge >= 0.3 is 0 Å². The molecule has 0 atom stereocenters. The minimum absolute atomic E-state index is 0.0202. The molecule has 1 heterocycles. The van der Waals surface area contributed by atoms with Gasteiger partial charge in [0.25, 0.3) is 0 Å². The molecule has 3 nitrogen and oxygen atoms in total. The van der Waals surface area contributed by atoms with Gasteiger partial charge in [-0.25, -0.2) is 4.98 Å². The Kier molecular flexibility index (Phi) is 3.66. The lowest BCUT2D eigenvalue weighted by atomic mass is 10.1. The van der Waals surface area contributed by atoms with Crippen molar-refractivity contribution in [2.45, 2.75) is 13.3 Å². The van der Waals surface area contributed by atoms with Gasteiger partial charge in [-0.1, -0.05) is 23.8 Å². The van der Waals surface area contributed by atoms with Gasteiger partial charge in [0.1, 0.15) is 5.69 Å². The summed E-state index contributed by atoms with van der Waals surface area (Å²) in [4.78, 5) is 16.4. The van der Waals surface area contributed by atoms with E-state index in [2.05, 4.69) is 4.98 Å². The van der Waals surface area contributed by atoms with Crippen molar-refractivity contribution in [2.75, 3.05) is 6.54 Å². The van der Waals surface area contributed by atoms with Crippen LogP contribution in [0.3, 0.4) is 0 Å². The maximum Gasteiger partial charge on any atom is 0.212 e. The van der Waals surface area contributed by atoms with E-state index < -0.39 is 0 Å². The smallest absolute Gasteiger partial charge is 0.212 e. The van der Waals surface area contributed by atoms with Crippen molar-refractivity contribution in [1.29, 1.82) is 0 Å². The molecule has 0 saturated heterocycles. The van der Waals surface area contributed by atoms with Gasteiger partial charge in [-0.2, -0.15) is 0 Å². The van der Waals surface area contributed by atoms with Crippen LogP contribution >= 0.6 is 11.3 Å². The molecule has 0 aliphatic rings. The summed E-state index contributed by atoms with van der Waals surface area (Å²) in [6, 6.07) is 7.55. The number of carbonyl (C=O) groups is 1. The Labute approximate surface area is 104 Å². The van der Waals surface area contributed by atoms with Gasteiger partial charge in [0.15, 0.2) is 0 Å². The normalized spacial score (nSPS) is 10.5. The van der Waals surface area contributed by atoms with E-state index in [4.69, 9.17) is 5.73 Å². The van der Waals surface area contributed by atoms with Crippen LogP contribution in [0.15, 0.2) is 29.6 Å². The number of rotatable bonds is 4. The van der Waals surface area contributed by atoms with Crippen molar-refractivity contribution in [1.82, 2.24) is 4.98 Å². The first-order valence-electron chi connectivity index (χ1n) is 5.46. The molecular weight excluding hydrogens is 232 g/mol. The molecule has 0 amide bonds. The van der Waals surface area contributed by atoms with Crippen LogP contribution in [-0.2, 0) is 6.42 Å². The number of nitrogens with zero attached hydrogens (tertiary/aromatic N) is 1. The second-order valence-electron chi connectivity index (χ2n) is 3.86. The summed E-state index contributed by atoms with van der Waals surface area (Å²) in [5.41, 5.74) is 7.74. The molecule has 88 valence electrons. The number of carbonyl (C=O) groups excluding carboxylic acids is 1. The largest absolute Gasteiger partial charge is 0.330 e.